The van der Waals surface area contributed by atoms with Crippen LogP contribution in [-0.2, 0) is 36.2 Å². The maximum absolute atomic E-state index is 3.06. The Morgan fingerprint density at radius 3 is 0.906 bits per heavy atom. The van der Waals surface area contributed by atoms with E-state index in [2.05, 4.69) is 251 Å². The molecule has 0 aliphatic carbocycles. The molecule has 64 heavy (non-hydrogen) atoms. The van der Waals surface area contributed by atoms with Gasteiger partial charge in [0.1, 0.15) is 0 Å². The summed E-state index contributed by atoms with van der Waals surface area (Å²) in [5.74, 6) is 0.978. The third-order valence-electron chi connectivity index (χ3n) is 12.1. The molecule has 0 aliphatic rings. The third-order valence-corrected chi connectivity index (χ3v) is 12.1. The van der Waals surface area contributed by atoms with Gasteiger partial charge in [0.15, 0.2) is 0 Å². The van der Waals surface area contributed by atoms with Crippen LogP contribution in [-0.4, -0.2) is 6.88 Å². The van der Waals surface area contributed by atoms with Crippen LogP contribution in [0, 0.1) is 14.9 Å². The van der Waals surface area contributed by atoms with Crippen LogP contribution in [0.5, 0.6) is 0 Å². The molecule has 2 atom stereocenters. The first-order valence-electron chi connectivity index (χ1n) is 21.6. The standard InChI is InChI=1S/2C30H25.2CH3.Si.Zr/c2*1-22(24-11-5-2-6-12-24)19-23-20-29-27(25-13-7-3-8-14-25)17-18-28(30(29)21-23)26-15-9-4-10-16-26;;;;/h2*2-18,20-22H,19H2,1H3;2*1H3;;/q4*-1;;. The Bertz CT molecular complexity index is 2580. The molecule has 0 heterocycles. The molecule has 2 heteroatoms. The summed E-state index contributed by atoms with van der Waals surface area (Å²) in [6, 6.07) is 83.3. The first-order chi connectivity index (χ1) is 30.6. The Morgan fingerprint density at radius 1 is 0.359 bits per heavy atom. The van der Waals surface area contributed by atoms with Gasteiger partial charge in [-0.15, -0.1) is 44.8 Å². The summed E-state index contributed by atoms with van der Waals surface area (Å²) in [7, 11) is 0. The van der Waals surface area contributed by atoms with E-state index in [1.807, 2.05) is 0 Å². The molecule has 0 saturated heterocycles. The summed E-state index contributed by atoms with van der Waals surface area (Å²) in [6.45, 7) is 7.71. The minimum absolute atomic E-state index is 0. The van der Waals surface area contributed by atoms with Crippen molar-refractivity contribution in [2.24, 2.45) is 0 Å². The van der Waals surface area contributed by atoms with Crippen LogP contribution in [0.2, 0.25) is 0 Å². The predicted octanol–water partition coefficient (Wildman–Crippen LogP) is 17.0. The quantitative estimate of drug-likeness (QED) is 0.0947. The Hall–Kier alpha value is -5.92. The molecule has 10 aromatic carbocycles. The van der Waals surface area contributed by atoms with Crippen LogP contribution in [0.3, 0.4) is 0 Å². The van der Waals surface area contributed by atoms with Crippen LogP contribution >= 0.6 is 0 Å². The van der Waals surface area contributed by atoms with Gasteiger partial charge in [0.2, 0.25) is 0 Å². The minimum atomic E-state index is 0. The fraction of sp³-hybridized carbons (Fsp3) is 0.0968. The maximum atomic E-state index is 3.06. The van der Waals surface area contributed by atoms with Crippen molar-refractivity contribution in [1.29, 1.82) is 0 Å². The fourth-order valence-corrected chi connectivity index (χ4v) is 8.94. The van der Waals surface area contributed by atoms with Gasteiger partial charge in [0.05, 0.1) is 0 Å². The molecule has 0 nitrogen and oxygen atoms in total. The molecule has 0 fully saturated rings. The van der Waals surface area contributed by atoms with Crippen molar-refractivity contribution in [3.63, 3.8) is 0 Å². The molecular formula is C62H56SiZr-4. The molecule has 0 N–H and O–H groups in total. The van der Waals surface area contributed by atoms with E-state index in [4.69, 9.17) is 0 Å². The number of benzene rings is 8. The molecule has 2 radical (unpaired) electrons. The second-order valence-electron chi connectivity index (χ2n) is 16.2. The molecule has 10 rings (SSSR count). The van der Waals surface area contributed by atoms with Gasteiger partial charge in [-0.3, -0.25) is 0 Å². The molecule has 0 aromatic heterocycles. The predicted molar refractivity (Wildman–Crippen MR) is 277 cm³/mol. The van der Waals surface area contributed by atoms with Crippen LogP contribution in [0.25, 0.3) is 66.1 Å². The van der Waals surface area contributed by atoms with Crippen molar-refractivity contribution >= 4 is 28.4 Å². The van der Waals surface area contributed by atoms with Crippen molar-refractivity contribution < 1.29 is 23.3 Å². The Morgan fingerprint density at radius 2 is 0.609 bits per heavy atom. The second kappa shape index (κ2) is 23.1. The summed E-state index contributed by atoms with van der Waals surface area (Å²) in [5.41, 5.74) is 15.9. The molecule has 0 amide bonds. The fourth-order valence-electron chi connectivity index (χ4n) is 8.94. The van der Waals surface area contributed by atoms with Crippen LogP contribution in [0.15, 0.2) is 231 Å². The van der Waals surface area contributed by atoms with Crippen molar-refractivity contribution in [2.75, 3.05) is 0 Å². The van der Waals surface area contributed by atoms with E-state index in [-0.39, 0.29) is 14.9 Å². The second-order valence-corrected chi connectivity index (χ2v) is 16.2. The first-order valence-corrected chi connectivity index (χ1v) is 25.8. The molecule has 10 aromatic rings. The molecule has 0 spiro atoms. The molecule has 0 aliphatic heterocycles. The Kier molecular flexibility index (Phi) is 17.2. The Labute approximate surface area is 399 Å². The zero-order chi connectivity index (χ0) is 42.7. The summed E-state index contributed by atoms with van der Waals surface area (Å²) in [4.78, 5) is 0. The van der Waals surface area contributed by atoms with Crippen molar-refractivity contribution in [2.45, 2.75) is 38.5 Å². The zero-order valence-corrected chi connectivity index (χ0v) is 41.0. The molecular weight excluding hydrogens is 864 g/mol. The zero-order valence-electron chi connectivity index (χ0n) is 37.5. The SMILES string of the molecule is CC(Cc1cc2c(-c3ccccc3)ccc(-c3ccccc3)c2[cH-]1)c1ccccc1.CC(Cc1cc2c(-c3ccccc3)ccc(-c3ccccc3)c2[cH-]1)c1ccccc1.[CH3-].[CH3-].[Si]=[Zr]. The van der Waals surface area contributed by atoms with E-state index in [1.54, 1.807) is 0 Å². The van der Waals surface area contributed by atoms with Crippen LogP contribution in [0.4, 0.5) is 0 Å². The first kappa shape index (κ1) is 47.6. The summed E-state index contributed by atoms with van der Waals surface area (Å²) in [5, 5.41) is 5.38. The molecule has 2 unspecified atom stereocenters. The number of fused-ring (bicyclic) bond motifs is 2. The Balaban J connectivity index is 0.000000199. The number of rotatable bonds is 10. The van der Waals surface area contributed by atoms with Crippen LogP contribution < -0.4 is 0 Å². The van der Waals surface area contributed by atoms with Crippen molar-refractivity contribution in [1.82, 2.24) is 0 Å². The summed E-state index contributed by atoms with van der Waals surface area (Å²) in [6.07, 6.45) is 2.09. The van der Waals surface area contributed by atoms with Gasteiger partial charge in [-0.1, -0.05) is 253 Å². The van der Waals surface area contributed by atoms with E-state index in [9.17, 15) is 0 Å². The molecule has 0 saturated carbocycles. The van der Waals surface area contributed by atoms with Gasteiger partial charge in [-0.25, -0.2) is 0 Å². The van der Waals surface area contributed by atoms with Gasteiger partial charge in [0, 0.05) is 0 Å². The topological polar surface area (TPSA) is 0 Å². The van der Waals surface area contributed by atoms with Gasteiger partial charge < -0.3 is 14.9 Å². The average molecular weight is 920 g/mol. The van der Waals surface area contributed by atoms with E-state index in [0.717, 1.165) is 12.8 Å². The van der Waals surface area contributed by atoms with Crippen molar-refractivity contribution in [3.05, 3.63) is 268 Å². The van der Waals surface area contributed by atoms with Gasteiger partial charge in [-0.2, -0.15) is 12.1 Å². The van der Waals surface area contributed by atoms with Gasteiger partial charge in [-0.05, 0) is 46.9 Å². The average Bonchev–Trinajstić information content (AvgIpc) is 3.98. The number of hydrogen-bond acceptors (Lipinski definition) is 0. The number of hydrogen-bond donors (Lipinski definition) is 0. The normalized spacial score (nSPS) is 11.5. The van der Waals surface area contributed by atoms with Gasteiger partial charge in [0.25, 0.3) is 0 Å². The van der Waals surface area contributed by atoms with Crippen LogP contribution in [0.1, 0.15) is 47.9 Å². The third kappa shape index (κ3) is 11.1. The van der Waals surface area contributed by atoms with Gasteiger partial charge >= 0.3 is 30.2 Å². The monoisotopic (exact) mass is 918 g/mol. The molecule has 316 valence electrons. The summed E-state index contributed by atoms with van der Waals surface area (Å²) < 4.78 is 0. The van der Waals surface area contributed by atoms with E-state index < -0.39 is 0 Å². The molecule has 0 bridgehead atoms. The summed E-state index contributed by atoms with van der Waals surface area (Å²) >= 11 is 1.36. The van der Waals surface area contributed by atoms with E-state index in [1.165, 1.54) is 112 Å². The van der Waals surface area contributed by atoms with E-state index >= 15 is 0 Å². The van der Waals surface area contributed by atoms with Crippen molar-refractivity contribution in [3.8, 4) is 44.5 Å². The van der Waals surface area contributed by atoms with E-state index in [0.29, 0.717) is 11.8 Å².